The average molecular weight is 398 g/mol. The Labute approximate surface area is 170 Å². The average Bonchev–Trinajstić information content (AvgIpc) is 3.07. The van der Waals surface area contributed by atoms with Gasteiger partial charge < -0.3 is 9.47 Å². The van der Waals surface area contributed by atoms with Gasteiger partial charge in [-0.1, -0.05) is 56.3 Å². The van der Waals surface area contributed by atoms with Crippen LogP contribution in [0.5, 0.6) is 5.75 Å². The van der Waals surface area contributed by atoms with Crippen molar-refractivity contribution in [1.29, 1.82) is 0 Å². The van der Waals surface area contributed by atoms with E-state index in [2.05, 4.69) is 11.9 Å². The Hall–Kier alpha value is -2.59. The maximum atomic E-state index is 12.1. The van der Waals surface area contributed by atoms with Gasteiger partial charge in [-0.3, -0.25) is 0 Å². The van der Waals surface area contributed by atoms with Crippen molar-refractivity contribution in [2.45, 2.75) is 39.0 Å². The lowest BCUT2D eigenvalue weighted by Gasteiger charge is -2.06. The van der Waals surface area contributed by atoms with Crippen molar-refractivity contribution >= 4 is 29.5 Å². The van der Waals surface area contributed by atoms with Gasteiger partial charge in [-0.25, -0.2) is 9.79 Å². The van der Waals surface area contributed by atoms with Gasteiger partial charge in [0.15, 0.2) is 5.70 Å². The Balaban J connectivity index is 1.58. The van der Waals surface area contributed by atoms with Crippen LogP contribution in [0.4, 0.5) is 0 Å². The number of unbranched alkanes of at least 4 members (excludes halogenated alkanes) is 4. The highest BCUT2D eigenvalue weighted by Gasteiger charge is 2.24. The van der Waals surface area contributed by atoms with Gasteiger partial charge >= 0.3 is 5.97 Å². The van der Waals surface area contributed by atoms with Crippen LogP contribution < -0.4 is 4.74 Å². The normalized spacial score (nSPS) is 14.9. The van der Waals surface area contributed by atoms with Crippen LogP contribution >= 0.6 is 11.6 Å². The summed E-state index contributed by atoms with van der Waals surface area (Å²) in [6.45, 7) is 2.94. The third kappa shape index (κ3) is 5.70. The fourth-order valence-electron chi connectivity index (χ4n) is 2.84. The van der Waals surface area contributed by atoms with E-state index in [1.807, 2.05) is 24.3 Å². The van der Waals surface area contributed by atoms with Crippen LogP contribution in [0.25, 0.3) is 6.08 Å². The van der Waals surface area contributed by atoms with E-state index in [0.29, 0.717) is 10.6 Å². The topological polar surface area (TPSA) is 47.9 Å². The van der Waals surface area contributed by atoms with E-state index in [1.165, 1.54) is 25.7 Å². The summed E-state index contributed by atoms with van der Waals surface area (Å²) in [5, 5.41) is 0.618. The molecule has 2 aromatic carbocycles. The smallest absolute Gasteiger partial charge is 0.363 e. The van der Waals surface area contributed by atoms with Crippen LogP contribution in [0, 0.1) is 0 Å². The van der Waals surface area contributed by atoms with Crippen molar-refractivity contribution in [2.75, 3.05) is 6.61 Å². The molecule has 0 spiro atoms. The molecular weight excluding hydrogens is 374 g/mol. The Bertz CT molecular complexity index is 854. The summed E-state index contributed by atoms with van der Waals surface area (Å²) < 4.78 is 11.0. The molecular formula is C23H24ClNO3. The SMILES string of the molecule is CCCCCCCOc1ccc(C=C2N=C(c3ccc(Cl)cc3)OC2=O)cc1. The predicted molar refractivity (Wildman–Crippen MR) is 113 cm³/mol. The van der Waals surface area contributed by atoms with Gasteiger partial charge in [0.25, 0.3) is 0 Å². The Morgan fingerprint density at radius 2 is 1.71 bits per heavy atom. The number of nitrogens with zero attached hydrogens (tertiary/aromatic N) is 1. The van der Waals surface area contributed by atoms with E-state index < -0.39 is 5.97 Å². The van der Waals surface area contributed by atoms with E-state index in [9.17, 15) is 4.79 Å². The molecule has 0 saturated heterocycles. The molecule has 0 radical (unpaired) electrons. The van der Waals surface area contributed by atoms with E-state index >= 15 is 0 Å². The highest BCUT2D eigenvalue weighted by Crippen LogP contribution is 2.21. The highest BCUT2D eigenvalue weighted by molar-refractivity contribution is 6.30. The predicted octanol–water partition coefficient (Wildman–Crippen LogP) is 6.03. The number of ether oxygens (including phenoxy) is 2. The molecule has 2 aromatic rings. The molecule has 1 aliphatic heterocycles. The summed E-state index contributed by atoms with van der Waals surface area (Å²) in [6.07, 6.45) is 7.78. The second-order valence-electron chi connectivity index (χ2n) is 6.67. The molecule has 28 heavy (non-hydrogen) atoms. The van der Waals surface area contributed by atoms with Crippen LogP contribution in [0.15, 0.2) is 59.2 Å². The maximum absolute atomic E-state index is 12.1. The number of benzene rings is 2. The highest BCUT2D eigenvalue weighted by atomic mass is 35.5. The van der Waals surface area contributed by atoms with Crippen molar-refractivity contribution in [3.05, 3.63) is 70.4 Å². The minimum atomic E-state index is -0.461. The summed E-state index contributed by atoms with van der Waals surface area (Å²) in [6, 6.07) is 14.6. The zero-order chi connectivity index (χ0) is 19.8. The molecule has 0 fully saturated rings. The fourth-order valence-corrected chi connectivity index (χ4v) is 2.96. The van der Waals surface area contributed by atoms with Crippen LogP contribution in [-0.4, -0.2) is 18.5 Å². The lowest BCUT2D eigenvalue weighted by Crippen LogP contribution is -2.05. The van der Waals surface area contributed by atoms with E-state index in [1.54, 1.807) is 30.3 Å². The Morgan fingerprint density at radius 1 is 1.00 bits per heavy atom. The first-order chi connectivity index (χ1) is 13.7. The number of carbonyl (C=O) groups excluding carboxylic acids is 1. The first-order valence-electron chi connectivity index (χ1n) is 9.67. The van der Waals surface area contributed by atoms with E-state index in [-0.39, 0.29) is 11.6 Å². The summed E-state index contributed by atoms with van der Waals surface area (Å²) in [4.78, 5) is 16.4. The monoisotopic (exact) mass is 397 g/mol. The van der Waals surface area contributed by atoms with Gasteiger partial charge in [0.1, 0.15) is 5.75 Å². The quantitative estimate of drug-likeness (QED) is 0.294. The Morgan fingerprint density at radius 3 is 2.43 bits per heavy atom. The standard InChI is InChI=1S/C23H24ClNO3/c1-2-3-4-5-6-15-27-20-13-7-17(8-14-20)16-21-23(26)28-22(25-21)18-9-11-19(24)12-10-18/h7-14,16H,2-6,15H2,1H3. The van der Waals surface area contributed by atoms with Crippen molar-refractivity contribution < 1.29 is 14.3 Å². The molecule has 4 nitrogen and oxygen atoms in total. The van der Waals surface area contributed by atoms with Crippen molar-refractivity contribution in [1.82, 2.24) is 0 Å². The van der Waals surface area contributed by atoms with E-state index in [4.69, 9.17) is 21.1 Å². The van der Waals surface area contributed by atoms with Gasteiger partial charge in [0, 0.05) is 10.6 Å². The summed E-state index contributed by atoms with van der Waals surface area (Å²) in [7, 11) is 0. The van der Waals surface area contributed by atoms with Crippen molar-refractivity contribution in [2.24, 2.45) is 4.99 Å². The number of carbonyl (C=O) groups is 1. The molecule has 1 aliphatic rings. The molecule has 0 aromatic heterocycles. The van der Waals surface area contributed by atoms with Gasteiger partial charge in [0.05, 0.1) is 6.61 Å². The Kier molecular flexibility index (Phi) is 7.26. The summed E-state index contributed by atoms with van der Waals surface area (Å²) in [5.41, 5.74) is 1.85. The minimum absolute atomic E-state index is 0.273. The number of esters is 1. The molecule has 0 saturated carbocycles. The number of cyclic esters (lactones) is 1. The second kappa shape index (κ2) is 10.1. The molecule has 0 bridgehead atoms. The molecule has 0 N–H and O–H groups in total. The first kappa shape index (κ1) is 20.2. The third-order valence-corrected chi connectivity index (χ3v) is 4.66. The second-order valence-corrected chi connectivity index (χ2v) is 7.11. The molecule has 0 atom stereocenters. The molecule has 0 amide bonds. The van der Waals surface area contributed by atoms with Crippen molar-refractivity contribution in [3.63, 3.8) is 0 Å². The van der Waals surface area contributed by atoms with Gasteiger partial charge in [-0.15, -0.1) is 0 Å². The zero-order valence-corrected chi connectivity index (χ0v) is 16.7. The number of hydrogen-bond donors (Lipinski definition) is 0. The molecule has 0 unspecified atom stereocenters. The first-order valence-corrected chi connectivity index (χ1v) is 10.0. The van der Waals surface area contributed by atoms with Crippen LogP contribution in [0.2, 0.25) is 5.02 Å². The van der Waals surface area contributed by atoms with Crippen LogP contribution in [0.1, 0.15) is 50.2 Å². The van der Waals surface area contributed by atoms with Crippen molar-refractivity contribution in [3.8, 4) is 5.75 Å². The maximum Gasteiger partial charge on any atom is 0.363 e. The summed E-state index contributed by atoms with van der Waals surface area (Å²) >= 11 is 5.89. The number of halogens is 1. The molecule has 0 aliphatic carbocycles. The minimum Gasteiger partial charge on any atom is -0.494 e. The largest absolute Gasteiger partial charge is 0.494 e. The van der Waals surface area contributed by atoms with Crippen LogP contribution in [-0.2, 0) is 9.53 Å². The molecule has 1 heterocycles. The van der Waals surface area contributed by atoms with Gasteiger partial charge in [0.2, 0.25) is 5.90 Å². The van der Waals surface area contributed by atoms with Gasteiger partial charge in [-0.05, 0) is 54.5 Å². The number of rotatable bonds is 9. The lowest BCUT2D eigenvalue weighted by atomic mass is 10.1. The molecule has 3 rings (SSSR count). The van der Waals surface area contributed by atoms with Gasteiger partial charge in [-0.2, -0.15) is 0 Å². The van der Waals surface area contributed by atoms with Crippen LogP contribution in [0.3, 0.4) is 0 Å². The van der Waals surface area contributed by atoms with E-state index in [0.717, 1.165) is 24.3 Å². The number of aliphatic imine (C=N–C) groups is 1. The molecule has 5 heteroatoms. The third-order valence-electron chi connectivity index (χ3n) is 4.41. The zero-order valence-electron chi connectivity index (χ0n) is 16.0. The lowest BCUT2D eigenvalue weighted by molar-refractivity contribution is -0.129. The molecule has 146 valence electrons. The summed E-state index contributed by atoms with van der Waals surface area (Å²) in [5.74, 6) is 0.658. The number of hydrogen-bond acceptors (Lipinski definition) is 4. The fraction of sp³-hybridized carbons (Fsp3) is 0.304.